The van der Waals surface area contributed by atoms with Crippen LogP contribution in [0.4, 0.5) is 0 Å². The molecule has 0 heterocycles. The maximum atomic E-state index is 5.17. The van der Waals surface area contributed by atoms with Gasteiger partial charge in [-0.05, 0) is 12.5 Å². The average molecular weight is 201 g/mol. The van der Waals surface area contributed by atoms with Crippen molar-refractivity contribution in [2.75, 3.05) is 6.54 Å². The van der Waals surface area contributed by atoms with E-state index in [1.165, 1.54) is 0 Å². The quantitative estimate of drug-likeness (QED) is 0.634. The van der Waals surface area contributed by atoms with Gasteiger partial charge in [0.2, 0.25) is 0 Å². The maximum Gasteiger partial charge on any atom is -0.00541 e. The summed E-state index contributed by atoms with van der Waals surface area (Å²) in [6.07, 6.45) is 0. The van der Waals surface area contributed by atoms with E-state index in [4.69, 9.17) is 5.73 Å². The lowest BCUT2D eigenvalue weighted by Crippen LogP contribution is -2.05. The van der Waals surface area contributed by atoms with Crippen molar-refractivity contribution in [3.05, 3.63) is 0 Å². The normalized spacial score (nSPS) is 8.00. The Morgan fingerprint density at radius 1 is 1.50 bits per heavy atom. The zero-order chi connectivity index (χ0) is 4.28. The minimum Gasteiger partial charge on any atom is -0.330 e. The first-order valence-corrected chi connectivity index (χ1v) is 1.97. The van der Waals surface area contributed by atoms with E-state index >= 15 is 0 Å². The predicted octanol–water partition coefficient (Wildman–Crippen LogP) is 1.22. The van der Waals surface area contributed by atoms with Crippen LogP contribution in [0.2, 0.25) is 0 Å². The molecule has 0 saturated heterocycles. The number of rotatable bonds is 1. The minimum absolute atomic E-state index is 0. The van der Waals surface area contributed by atoms with Crippen molar-refractivity contribution < 1.29 is 0 Å². The molecular weight excluding hydrogens is 189 g/mol. The van der Waals surface area contributed by atoms with E-state index in [0.29, 0.717) is 5.92 Å². The Morgan fingerprint density at radius 3 is 1.67 bits per heavy atom. The van der Waals surface area contributed by atoms with Crippen LogP contribution < -0.4 is 5.73 Å². The van der Waals surface area contributed by atoms with Crippen molar-refractivity contribution in [2.45, 2.75) is 13.8 Å². The largest absolute Gasteiger partial charge is 0.330 e. The van der Waals surface area contributed by atoms with Gasteiger partial charge in [0.1, 0.15) is 0 Å². The number of hydrogen-bond acceptors (Lipinski definition) is 1. The summed E-state index contributed by atoms with van der Waals surface area (Å²) < 4.78 is 0. The summed E-state index contributed by atoms with van der Waals surface area (Å²) in [6.45, 7) is 5.00. The summed E-state index contributed by atoms with van der Waals surface area (Å²) in [5.74, 6) is 0.662. The van der Waals surface area contributed by atoms with Crippen LogP contribution >= 0.6 is 24.0 Å². The highest BCUT2D eigenvalue weighted by Gasteiger charge is 1.80. The van der Waals surface area contributed by atoms with Crippen LogP contribution in [-0.2, 0) is 0 Å². The molecule has 0 spiro atoms. The zero-order valence-electron chi connectivity index (χ0n) is 4.27. The monoisotopic (exact) mass is 201 g/mol. The van der Waals surface area contributed by atoms with Gasteiger partial charge in [0.25, 0.3) is 0 Å². The summed E-state index contributed by atoms with van der Waals surface area (Å²) >= 11 is 0. The number of hydrogen-bond donors (Lipinski definition) is 1. The lowest BCUT2D eigenvalue weighted by molar-refractivity contribution is 0.664. The van der Waals surface area contributed by atoms with Crippen LogP contribution in [0, 0.1) is 5.92 Å². The predicted molar refractivity (Wildman–Crippen MR) is 39.3 cm³/mol. The molecule has 0 fully saturated rings. The highest BCUT2D eigenvalue weighted by Crippen LogP contribution is 1.81. The molecule has 1 nitrogen and oxygen atoms in total. The molecule has 2 N–H and O–H groups in total. The fraction of sp³-hybridized carbons (Fsp3) is 1.00. The first-order valence-electron chi connectivity index (χ1n) is 1.97. The second-order valence-corrected chi connectivity index (χ2v) is 1.63. The maximum absolute atomic E-state index is 5.17. The molecule has 0 atom stereocenters. The summed E-state index contributed by atoms with van der Waals surface area (Å²) in [6, 6.07) is 0. The molecule has 0 radical (unpaired) electrons. The van der Waals surface area contributed by atoms with Crippen LogP contribution in [-0.4, -0.2) is 6.54 Å². The number of nitrogens with two attached hydrogens (primary N) is 1. The van der Waals surface area contributed by atoms with E-state index in [9.17, 15) is 0 Å². The molecule has 0 aromatic heterocycles. The Bertz CT molecular complexity index is 21.5. The molecule has 0 aromatic rings. The topological polar surface area (TPSA) is 26.0 Å². The number of halogens is 1. The molecule has 0 amide bonds. The molecule has 2 heteroatoms. The van der Waals surface area contributed by atoms with Crippen molar-refractivity contribution in [3.8, 4) is 0 Å². The molecule has 0 rings (SSSR count). The first-order chi connectivity index (χ1) is 2.27. The molecule has 0 unspecified atom stereocenters. The molecule has 40 valence electrons. The average Bonchev–Trinajstić information content (AvgIpc) is 1.38. The van der Waals surface area contributed by atoms with Crippen molar-refractivity contribution in [3.63, 3.8) is 0 Å². The van der Waals surface area contributed by atoms with Gasteiger partial charge in [-0.25, -0.2) is 0 Å². The van der Waals surface area contributed by atoms with Gasteiger partial charge in [-0.2, -0.15) is 0 Å². The van der Waals surface area contributed by atoms with Crippen LogP contribution in [0.1, 0.15) is 13.8 Å². The lowest BCUT2D eigenvalue weighted by Gasteiger charge is -1.91. The standard InChI is InChI=1S/C4H11N.HI/c1-4(2)3-5;/h4H,3,5H2,1-2H3;1H. The van der Waals surface area contributed by atoms with Crippen molar-refractivity contribution in [1.82, 2.24) is 0 Å². The summed E-state index contributed by atoms with van der Waals surface area (Å²) in [7, 11) is 0. The SMILES string of the molecule is CC(C)CN.I. The van der Waals surface area contributed by atoms with Crippen LogP contribution in [0.3, 0.4) is 0 Å². The Hall–Kier alpha value is 0.690. The van der Waals surface area contributed by atoms with Crippen LogP contribution in [0.5, 0.6) is 0 Å². The summed E-state index contributed by atoms with van der Waals surface area (Å²) in [5, 5.41) is 0. The summed E-state index contributed by atoms with van der Waals surface area (Å²) in [4.78, 5) is 0. The Labute approximate surface area is 56.3 Å². The van der Waals surface area contributed by atoms with Gasteiger partial charge >= 0.3 is 0 Å². The van der Waals surface area contributed by atoms with Crippen LogP contribution in [0.25, 0.3) is 0 Å². The molecule has 0 aliphatic carbocycles. The highest BCUT2D eigenvalue weighted by molar-refractivity contribution is 14.0. The molecule has 0 aliphatic rings. The van der Waals surface area contributed by atoms with Gasteiger partial charge in [-0.1, -0.05) is 13.8 Å². The minimum atomic E-state index is 0. The second kappa shape index (κ2) is 5.69. The van der Waals surface area contributed by atoms with Gasteiger partial charge in [0.15, 0.2) is 0 Å². The van der Waals surface area contributed by atoms with E-state index in [1.807, 2.05) is 0 Å². The van der Waals surface area contributed by atoms with E-state index in [0.717, 1.165) is 6.54 Å². The molecule has 6 heavy (non-hydrogen) atoms. The van der Waals surface area contributed by atoms with Gasteiger partial charge in [0.05, 0.1) is 0 Å². The smallest absolute Gasteiger partial charge is 0.00541 e. The summed E-state index contributed by atoms with van der Waals surface area (Å²) in [5.41, 5.74) is 5.17. The van der Waals surface area contributed by atoms with Gasteiger partial charge < -0.3 is 5.73 Å². The third-order valence-corrected chi connectivity index (χ3v) is 0.471. The highest BCUT2D eigenvalue weighted by atomic mass is 127. The molecule has 0 bridgehead atoms. The van der Waals surface area contributed by atoms with Gasteiger partial charge in [-0.15, -0.1) is 24.0 Å². The van der Waals surface area contributed by atoms with Gasteiger partial charge in [0, 0.05) is 0 Å². The fourth-order valence-corrected chi connectivity index (χ4v) is 0. The molecule has 0 aromatic carbocycles. The van der Waals surface area contributed by atoms with E-state index in [2.05, 4.69) is 13.8 Å². The third-order valence-electron chi connectivity index (χ3n) is 0.471. The fourth-order valence-electron chi connectivity index (χ4n) is 0. The van der Waals surface area contributed by atoms with Crippen molar-refractivity contribution in [2.24, 2.45) is 11.7 Å². The lowest BCUT2D eigenvalue weighted by atomic mass is 10.2. The van der Waals surface area contributed by atoms with Crippen molar-refractivity contribution >= 4 is 24.0 Å². The second-order valence-electron chi connectivity index (χ2n) is 1.63. The van der Waals surface area contributed by atoms with Gasteiger partial charge in [-0.3, -0.25) is 0 Å². The van der Waals surface area contributed by atoms with E-state index in [-0.39, 0.29) is 24.0 Å². The Balaban J connectivity index is 0. The molecular formula is C4H12IN. The van der Waals surface area contributed by atoms with Crippen molar-refractivity contribution in [1.29, 1.82) is 0 Å². The van der Waals surface area contributed by atoms with E-state index < -0.39 is 0 Å². The van der Waals surface area contributed by atoms with E-state index in [1.54, 1.807) is 0 Å². The Kier molecular flexibility index (Phi) is 9.34. The first kappa shape index (κ1) is 9.85. The zero-order valence-corrected chi connectivity index (χ0v) is 6.60. The molecule has 0 aliphatic heterocycles. The Morgan fingerprint density at radius 2 is 1.67 bits per heavy atom. The third kappa shape index (κ3) is 8.83. The molecule has 0 saturated carbocycles. The van der Waals surface area contributed by atoms with Crippen LogP contribution in [0.15, 0.2) is 0 Å².